The Kier molecular flexibility index (Phi) is 17.5. The smallest absolute Gasteiger partial charge is 0.296 e. The van der Waals surface area contributed by atoms with E-state index in [0.717, 1.165) is 61.5 Å². The molecule has 0 atom stereocenters. The molecule has 67 heavy (non-hydrogen) atoms. The average Bonchev–Trinajstić information content (AvgIpc) is 3.27. The van der Waals surface area contributed by atoms with Crippen LogP contribution in [0.1, 0.15) is 6.92 Å². The lowest BCUT2D eigenvalue weighted by Gasteiger charge is -2.14. The monoisotopic (exact) mass is 1010 g/mol. The van der Waals surface area contributed by atoms with Crippen molar-refractivity contribution >= 4 is 107 Å². The third-order valence-corrected chi connectivity index (χ3v) is 11.1. The zero-order valence-electron chi connectivity index (χ0n) is 33.3. The van der Waals surface area contributed by atoms with Crippen LogP contribution in [0.4, 0.5) is 45.5 Å². The van der Waals surface area contributed by atoms with Crippen LogP contribution in [-0.4, -0.2) is 94.1 Å². The minimum Gasteiger partial charge on any atom is -0.505 e. The number of phenols is 2. The van der Waals surface area contributed by atoms with Crippen LogP contribution in [0.3, 0.4) is 0 Å². The summed E-state index contributed by atoms with van der Waals surface area (Å²) in [5, 5.41) is 103. The molecule has 9 N–H and O–H groups in total. The Balaban J connectivity index is 1.69. The van der Waals surface area contributed by atoms with E-state index in [-0.39, 0.29) is 86.7 Å². The highest BCUT2D eigenvalue weighted by molar-refractivity contribution is 7.95. The van der Waals surface area contributed by atoms with Gasteiger partial charge >= 0.3 is 0 Å². The van der Waals surface area contributed by atoms with E-state index in [2.05, 4.69) is 54.7 Å². The summed E-state index contributed by atoms with van der Waals surface area (Å²) >= 11 is 0.369. The number of nitrogens with one attached hydrogen (secondary N) is 1. The van der Waals surface area contributed by atoms with Gasteiger partial charge in [0.15, 0.2) is 11.5 Å². The first kappa shape index (κ1) is 51.4. The zero-order chi connectivity index (χ0) is 49.1. The SMILES string of the molecule is CC(=O)Nc1ccc(N=Nc2cc(OCCO)c(N=Nc3c(SOOO)cc4cc(S(=O)(=O)O)c(N=Nc5ccc([N+](=O)[O-])cc5SOOO)c(O)c4c3O)cc2OCCO)c(S(=O)(=O)O)c1. The number of amides is 1. The third-order valence-electron chi connectivity index (χ3n) is 8.07. The van der Waals surface area contributed by atoms with Gasteiger partial charge in [-0.1, -0.05) is 10.1 Å². The van der Waals surface area contributed by atoms with Crippen LogP contribution in [0.5, 0.6) is 23.0 Å². The van der Waals surface area contributed by atoms with Gasteiger partial charge < -0.3 is 35.2 Å². The lowest BCUT2D eigenvalue weighted by atomic mass is 10.1. The Morgan fingerprint density at radius 1 is 0.687 bits per heavy atom. The summed E-state index contributed by atoms with van der Waals surface area (Å²) < 4.78 is 89.7. The van der Waals surface area contributed by atoms with Gasteiger partial charge in [0.05, 0.1) is 57.4 Å². The van der Waals surface area contributed by atoms with Crippen LogP contribution in [-0.2, 0) is 43.8 Å². The quantitative estimate of drug-likeness (QED) is 0.00810. The maximum absolute atomic E-state index is 12.6. The van der Waals surface area contributed by atoms with E-state index in [1.165, 1.54) is 6.07 Å². The number of aromatic hydroxyl groups is 2. The van der Waals surface area contributed by atoms with Gasteiger partial charge in [0, 0.05) is 36.9 Å². The van der Waals surface area contributed by atoms with Gasteiger partial charge in [-0.15, -0.1) is 39.4 Å². The number of non-ortho nitro benzene ring substituents is 1. The minimum atomic E-state index is -5.29. The molecule has 0 spiro atoms. The number of ether oxygens (including phenoxy) is 2. The van der Waals surface area contributed by atoms with E-state index >= 15 is 0 Å². The number of benzene rings is 5. The molecule has 0 aliphatic rings. The number of hydrogen-bond acceptors (Lipinski definition) is 27. The van der Waals surface area contributed by atoms with Crippen LogP contribution in [0, 0.1) is 10.1 Å². The molecule has 0 fully saturated rings. The van der Waals surface area contributed by atoms with Crippen molar-refractivity contribution in [2.45, 2.75) is 26.5 Å². The predicted octanol–water partition coefficient (Wildman–Crippen LogP) is 7.46. The summed E-state index contributed by atoms with van der Waals surface area (Å²) in [6.07, 6.45) is 0. The molecule has 0 aliphatic heterocycles. The molecule has 0 unspecified atom stereocenters. The molecule has 5 aromatic rings. The second-order valence-corrected chi connectivity index (χ2v) is 16.7. The van der Waals surface area contributed by atoms with Crippen molar-refractivity contribution in [1.82, 2.24) is 0 Å². The first-order chi connectivity index (χ1) is 31.8. The Morgan fingerprint density at radius 3 is 1.76 bits per heavy atom. The number of azo groups is 3. The molecule has 5 aromatic carbocycles. The summed E-state index contributed by atoms with van der Waals surface area (Å²) in [7, 11) is -10.2. The van der Waals surface area contributed by atoms with Gasteiger partial charge in [-0.3, -0.25) is 24.0 Å². The van der Waals surface area contributed by atoms with E-state index in [1.807, 2.05) is 0 Å². The Bertz CT molecular complexity index is 3010. The van der Waals surface area contributed by atoms with Crippen LogP contribution < -0.4 is 14.8 Å². The number of phenolic OH excluding ortho intramolecular Hbond substituents is 2. The fourth-order valence-corrected chi connectivity index (χ4v) is 7.69. The van der Waals surface area contributed by atoms with Gasteiger partial charge in [-0.2, -0.15) is 16.8 Å². The molecule has 0 heterocycles. The van der Waals surface area contributed by atoms with E-state index in [4.69, 9.17) is 20.0 Å². The molecule has 0 saturated heterocycles. The van der Waals surface area contributed by atoms with Crippen LogP contribution in [0.25, 0.3) is 10.8 Å². The lowest BCUT2D eigenvalue weighted by Crippen LogP contribution is -2.07. The maximum atomic E-state index is 12.6. The molecule has 1 amide bonds. The molecule has 5 rings (SSSR count). The number of carbonyl (C=O) groups excluding carboxylic acids is 1. The molecule has 0 bridgehead atoms. The summed E-state index contributed by atoms with van der Waals surface area (Å²) in [6, 6.07) is 10.2. The van der Waals surface area contributed by atoms with E-state index < -0.39 is 93.7 Å². The molecular weight excluding hydrogens is 985 g/mol. The number of carbonyl (C=O) groups is 1. The first-order valence-corrected chi connectivity index (χ1v) is 22.1. The number of nitro groups is 1. The van der Waals surface area contributed by atoms with Crippen molar-refractivity contribution < 1.29 is 94.8 Å². The molecule has 33 heteroatoms. The van der Waals surface area contributed by atoms with Crippen molar-refractivity contribution in [1.29, 1.82) is 0 Å². The minimum absolute atomic E-state index is 0.00520. The van der Waals surface area contributed by atoms with Gasteiger partial charge in [0.25, 0.3) is 25.9 Å². The van der Waals surface area contributed by atoms with E-state index in [0.29, 0.717) is 0 Å². The van der Waals surface area contributed by atoms with Crippen molar-refractivity contribution in [2.75, 3.05) is 31.7 Å². The molecule has 0 radical (unpaired) electrons. The molecule has 0 aromatic heterocycles. The number of nitrogens with zero attached hydrogens (tertiary/aromatic N) is 7. The third kappa shape index (κ3) is 13.1. The highest BCUT2D eigenvalue weighted by atomic mass is 32.2. The number of fused-ring (bicyclic) bond motifs is 1. The summed E-state index contributed by atoms with van der Waals surface area (Å²) in [4.78, 5) is 19.7. The molecule has 356 valence electrons. The van der Waals surface area contributed by atoms with E-state index in [9.17, 15) is 61.3 Å². The Hall–Kier alpha value is -6.57. The largest absolute Gasteiger partial charge is 0.505 e. The zero-order valence-corrected chi connectivity index (χ0v) is 36.5. The van der Waals surface area contributed by atoms with Gasteiger partial charge in [-0.05, 0) is 41.8 Å². The molecule has 0 saturated carbocycles. The first-order valence-electron chi connectivity index (χ1n) is 17.7. The normalized spacial score (nSPS) is 12.2. The second kappa shape index (κ2) is 22.8. The van der Waals surface area contributed by atoms with Crippen LogP contribution in [0.2, 0.25) is 0 Å². The highest BCUT2D eigenvalue weighted by Crippen LogP contribution is 2.52. The number of nitro benzene ring substituents is 1. The fraction of sp³-hybridized carbons (Fsp3) is 0.147. The molecule has 0 aliphatic carbocycles. The topological polar surface area (TPSA) is 432 Å². The maximum Gasteiger partial charge on any atom is 0.296 e. The van der Waals surface area contributed by atoms with Crippen molar-refractivity contribution in [3.8, 4) is 23.0 Å². The van der Waals surface area contributed by atoms with Crippen molar-refractivity contribution in [3.63, 3.8) is 0 Å². The van der Waals surface area contributed by atoms with Gasteiger partial charge in [0.2, 0.25) is 5.91 Å². The van der Waals surface area contributed by atoms with Crippen molar-refractivity contribution in [3.05, 3.63) is 70.8 Å². The van der Waals surface area contributed by atoms with Crippen molar-refractivity contribution in [2.24, 2.45) is 30.7 Å². The molecular formula is C34H30N8O21S4. The second-order valence-electron chi connectivity index (χ2n) is 12.4. The standard InChI is InChI=1S/C34H30N8O21S4/c1-16(45)35-18-2-4-21(28(12-18)66(52,53)54)37-38-22-14-25(59-9-7-44)23(15-24(22)58-8-6-43)39-40-31-27(65-63-61-51)10-17-11-29(67(55,56)57)32(34(47)30(17)33(31)46)41-36-20-5-3-19(42(48)49)13-26(20)64-62-60-50/h2-5,10-15,43-44,46-47,50-51H,6-9H2,1H3,(H,35,45)(H,52,53,54)(H,55,56,57). The number of rotatable bonds is 22. The number of aliphatic hydroxyl groups excluding tert-OH is 2. The number of anilines is 1. The Labute approximate surface area is 382 Å². The van der Waals surface area contributed by atoms with Crippen LogP contribution in [0.15, 0.2) is 111 Å². The molecule has 29 nitrogen and oxygen atoms in total. The van der Waals surface area contributed by atoms with Gasteiger partial charge in [0.1, 0.15) is 68.6 Å². The Morgan fingerprint density at radius 2 is 1.21 bits per heavy atom. The van der Waals surface area contributed by atoms with E-state index in [1.54, 1.807) is 0 Å². The summed E-state index contributed by atoms with van der Waals surface area (Å²) in [5.41, 5.74) is -3.32. The number of aliphatic hydroxyl groups is 2. The summed E-state index contributed by atoms with van der Waals surface area (Å²) in [6.45, 7) is -0.698. The summed E-state index contributed by atoms with van der Waals surface area (Å²) in [5.74, 6) is -3.18. The average molecular weight is 1010 g/mol. The van der Waals surface area contributed by atoms with Crippen LogP contribution >= 0.6 is 24.1 Å². The fourth-order valence-electron chi connectivity index (χ4n) is 5.42. The predicted molar refractivity (Wildman–Crippen MR) is 226 cm³/mol. The lowest BCUT2D eigenvalue weighted by molar-refractivity contribution is -0.432. The number of hydrogen-bond donors (Lipinski definition) is 9. The van der Waals surface area contributed by atoms with Gasteiger partial charge in [-0.25, -0.2) is 10.5 Å². The highest BCUT2D eigenvalue weighted by Gasteiger charge is 2.27.